The lowest BCUT2D eigenvalue weighted by atomic mass is 9.67. The van der Waals surface area contributed by atoms with E-state index in [4.69, 9.17) is 0 Å². The fraction of sp³-hybridized carbons (Fsp3) is 0.464. The zero-order valence-corrected chi connectivity index (χ0v) is 21.9. The Balaban J connectivity index is 2.44. The Morgan fingerprint density at radius 2 is 1.06 bits per heavy atom. The minimum absolute atomic E-state index is 0.163. The van der Waals surface area contributed by atoms with E-state index in [0.29, 0.717) is 16.1 Å². The van der Waals surface area contributed by atoms with E-state index in [-0.39, 0.29) is 16.2 Å². The number of benzene rings is 2. The van der Waals surface area contributed by atoms with Gasteiger partial charge in [-0.15, -0.1) is 0 Å². The van der Waals surface area contributed by atoms with E-state index in [1.165, 1.54) is 11.1 Å². The van der Waals surface area contributed by atoms with Crippen LogP contribution in [0.3, 0.4) is 0 Å². The van der Waals surface area contributed by atoms with E-state index in [1.807, 2.05) is 60.7 Å². The molecule has 1 aliphatic carbocycles. The molecule has 2 aromatic carbocycles. The summed E-state index contributed by atoms with van der Waals surface area (Å²) in [5, 5.41) is 1.38. The largest absolute Gasteiger partial charge is 0.361 e. The van der Waals surface area contributed by atoms with Crippen molar-refractivity contribution < 1.29 is 9.35 Å². The second-order valence-electron chi connectivity index (χ2n) is 12.0. The third-order valence-electron chi connectivity index (χ3n) is 6.53. The number of allylic oxidation sites excluding steroid dienone is 2. The molecule has 0 radical (unpaired) electrons. The van der Waals surface area contributed by atoms with Gasteiger partial charge in [-0.1, -0.05) is 123 Å². The summed E-state index contributed by atoms with van der Waals surface area (Å²) in [7, 11) is -3.45. The van der Waals surface area contributed by atoms with Gasteiger partial charge in [0.1, 0.15) is 5.41 Å². The highest BCUT2D eigenvalue weighted by atomic mass is 31.2. The van der Waals surface area contributed by atoms with Crippen molar-refractivity contribution in [2.45, 2.75) is 62.3 Å². The molecule has 32 heavy (non-hydrogen) atoms. The molecule has 1 aliphatic rings. The lowest BCUT2D eigenvalue weighted by molar-refractivity contribution is -0.0153. The molecule has 2 aromatic rings. The summed E-state index contributed by atoms with van der Waals surface area (Å²) in [6, 6.07) is 19.0. The molecule has 170 valence electrons. The van der Waals surface area contributed by atoms with E-state index < -0.39 is 12.6 Å². The summed E-state index contributed by atoms with van der Waals surface area (Å²) in [5.41, 5.74) is 12.2. The van der Waals surface area contributed by atoms with Gasteiger partial charge in [0.05, 0.1) is 0 Å². The van der Waals surface area contributed by atoms with Crippen molar-refractivity contribution in [3.05, 3.63) is 77.3 Å². The highest BCUT2D eigenvalue weighted by Crippen LogP contribution is 2.76. The number of rotatable bonds is 4. The Kier molecular flexibility index (Phi) is 5.87. The van der Waals surface area contributed by atoms with Gasteiger partial charge in [0.15, 0.2) is 0 Å². The second-order valence-corrected chi connectivity index (χ2v) is 14.6. The van der Waals surface area contributed by atoms with Crippen molar-refractivity contribution in [2.75, 3.05) is 0 Å². The highest BCUT2D eigenvalue weighted by Gasteiger charge is 2.75. The van der Waals surface area contributed by atoms with E-state index in [1.54, 1.807) is 0 Å². The highest BCUT2D eigenvalue weighted by molar-refractivity contribution is 7.93. The Morgan fingerprint density at radius 3 is 1.31 bits per heavy atom. The van der Waals surface area contributed by atoms with Crippen molar-refractivity contribution in [2.24, 2.45) is 21.7 Å². The van der Waals surface area contributed by atoms with Gasteiger partial charge < -0.3 is 10.1 Å². The van der Waals surface area contributed by atoms with Crippen LogP contribution in [0, 0.1) is 21.7 Å². The molecular weight excluding hydrogens is 411 g/mol. The average Bonchev–Trinajstić information content (AvgIpc) is 3.42. The Labute approximate surface area is 194 Å². The summed E-state index contributed by atoms with van der Waals surface area (Å²) in [6.45, 7) is 19.7. The third-order valence-corrected chi connectivity index (χ3v) is 9.60. The topological polar surface area (TPSA) is 53.5 Å². The molecule has 0 saturated carbocycles. The van der Waals surface area contributed by atoms with Crippen LogP contribution in [0.5, 0.6) is 0 Å². The fourth-order valence-corrected chi connectivity index (χ4v) is 8.64. The molecule has 0 N–H and O–H groups in total. The van der Waals surface area contributed by atoms with Gasteiger partial charge in [0.25, 0.3) is 0 Å². The minimum atomic E-state index is -3.45. The molecule has 0 unspecified atom stereocenters. The molecule has 3 nitrogen and oxygen atoms in total. The van der Waals surface area contributed by atoms with Crippen LogP contribution in [0.15, 0.2) is 71.8 Å². The normalized spacial score (nSPS) is 16.5. The maximum absolute atomic E-state index is 15.3. The molecule has 0 saturated heterocycles. The van der Waals surface area contributed by atoms with E-state index >= 15 is 4.57 Å². The van der Waals surface area contributed by atoms with Gasteiger partial charge in [0.2, 0.25) is 7.14 Å². The molecule has 0 bridgehead atoms. The molecule has 0 aliphatic heterocycles. The first-order valence-electron chi connectivity index (χ1n) is 11.3. The van der Waals surface area contributed by atoms with Crippen LogP contribution in [0.2, 0.25) is 0 Å². The van der Waals surface area contributed by atoms with Crippen LogP contribution in [0.25, 0.3) is 5.53 Å². The van der Waals surface area contributed by atoms with Gasteiger partial charge in [-0.05, 0) is 27.4 Å². The predicted molar refractivity (Wildman–Crippen MR) is 136 cm³/mol. The molecule has 0 aromatic heterocycles. The second kappa shape index (κ2) is 7.68. The maximum Gasteiger partial charge on any atom is 0.347 e. The third kappa shape index (κ3) is 3.57. The Bertz CT molecular complexity index is 1070. The van der Waals surface area contributed by atoms with Crippen LogP contribution in [0.4, 0.5) is 0 Å². The molecule has 4 heteroatoms. The summed E-state index contributed by atoms with van der Waals surface area (Å²) in [5.74, 6) is 0. The zero-order valence-electron chi connectivity index (χ0n) is 21.0. The van der Waals surface area contributed by atoms with Crippen molar-refractivity contribution in [3.8, 4) is 0 Å². The number of nitrogens with zero attached hydrogens (tertiary/aromatic N) is 2. The molecule has 0 heterocycles. The van der Waals surface area contributed by atoms with Crippen molar-refractivity contribution in [1.29, 1.82) is 0 Å². The van der Waals surface area contributed by atoms with Crippen LogP contribution in [-0.2, 0) is 4.57 Å². The maximum atomic E-state index is 15.3. The Hall–Kier alpha value is -2.21. The van der Waals surface area contributed by atoms with Gasteiger partial charge in [-0.25, -0.2) is 0 Å². The minimum Gasteiger partial charge on any atom is -0.361 e. The van der Waals surface area contributed by atoms with Gasteiger partial charge >= 0.3 is 5.45 Å². The molecule has 0 fully saturated rings. The zero-order chi connectivity index (χ0) is 24.2. The summed E-state index contributed by atoms with van der Waals surface area (Å²) in [4.78, 5) is 3.95. The number of hydrogen-bond acceptors (Lipinski definition) is 1. The van der Waals surface area contributed by atoms with E-state index in [0.717, 1.165) is 0 Å². The number of hydrogen-bond donors (Lipinski definition) is 0. The summed E-state index contributed by atoms with van der Waals surface area (Å²) >= 11 is 0. The van der Waals surface area contributed by atoms with Crippen LogP contribution in [-0.4, -0.2) is 10.2 Å². The van der Waals surface area contributed by atoms with Gasteiger partial charge in [0, 0.05) is 10.6 Å². The smallest absolute Gasteiger partial charge is 0.347 e. The predicted octanol–water partition coefficient (Wildman–Crippen LogP) is 7.06. The first-order valence-corrected chi connectivity index (χ1v) is 13.1. The lowest BCUT2D eigenvalue weighted by Crippen LogP contribution is -2.42. The molecule has 0 atom stereocenters. The summed E-state index contributed by atoms with van der Waals surface area (Å²) in [6.07, 6.45) is 0. The summed E-state index contributed by atoms with van der Waals surface area (Å²) < 4.78 is 15.3. The molecule has 0 amide bonds. The van der Waals surface area contributed by atoms with Crippen molar-refractivity contribution in [1.82, 2.24) is 0 Å². The first kappa shape index (κ1) is 24.4. The van der Waals surface area contributed by atoms with Crippen LogP contribution in [0.1, 0.15) is 62.3 Å². The van der Waals surface area contributed by atoms with Gasteiger partial charge in [-0.2, -0.15) is 4.79 Å². The Morgan fingerprint density at radius 1 is 0.719 bits per heavy atom. The van der Waals surface area contributed by atoms with Crippen LogP contribution >= 0.6 is 7.14 Å². The van der Waals surface area contributed by atoms with Crippen molar-refractivity contribution >= 4 is 23.2 Å². The lowest BCUT2D eigenvalue weighted by Gasteiger charge is -2.37. The molecule has 0 spiro atoms. The van der Waals surface area contributed by atoms with E-state index in [2.05, 4.69) is 67.1 Å². The molecule has 3 rings (SSSR count). The fourth-order valence-electron chi connectivity index (χ4n) is 5.51. The van der Waals surface area contributed by atoms with Crippen molar-refractivity contribution in [3.63, 3.8) is 0 Å². The SMILES string of the molecule is CC(C)(C)C1=C(C(C)(C)C)C1(C(=[N+]=[N-])P(=O)(c1ccccc1)c1ccccc1)C(C)(C)C. The average molecular weight is 449 g/mol. The molecular formula is C28H37N2OP. The first-order chi connectivity index (χ1) is 14.6. The quantitative estimate of drug-likeness (QED) is 0.162. The van der Waals surface area contributed by atoms with Crippen LogP contribution < -0.4 is 10.6 Å². The van der Waals surface area contributed by atoms with E-state index in [9.17, 15) is 5.53 Å². The standard InChI is InChI=1S/C28H37N2OP/c1-25(2,3)22-23(26(4,5)6)28(22,27(7,8)9)24(30-29)32(31,20-16-12-10-13-17-20)21-18-14-11-15-19-21/h10-19H,1-9H3. The van der Waals surface area contributed by atoms with Gasteiger partial charge in [-0.3, -0.25) is 0 Å². The monoisotopic (exact) mass is 448 g/mol.